The second kappa shape index (κ2) is 7.32. The van der Waals surface area contributed by atoms with Crippen LogP contribution in [0.5, 0.6) is 5.75 Å². The normalized spacial score (nSPS) is 10.9. The summed E-state index contributed by atoms with van der Waals surface area (Å²) < 4.78 is 32.1. The van der Waals surface area contributed by atoms with Gasteiger partial charge in [0.1, 0.15) is 21.5 Å². The number of hydrogen-bond donors (Lipinski definition) is 3. The molecule has 11 heteroatoms. The predicted octanol–water partition coefficient (Wildman–Crippen LogP) is 1.71. The van der Waals surface area contributed by atoms with Crippen molar-refractivity contribution < 1.29 is 23.1 Å². The van der Waals surface area contributed by atoms with Crippen LogP contribution in [-0.2, 0) is 16.6 Å². The summed E-state index contributed by atoms with van der Waals surface area (Å²) in [6.07, 6.45) is 1.40. The summed E-state index contributed by atoms with van der Waals surface area (Å²) in [4.78, 5) is 18.1. The van der Waals surface area contributed by atoms with Crippen LogP contribution in [0.2, 0.25) is 5.15 Å². The fraction of sp³-hybridized carbons (Fsp3) is 0.154. The Balaban J connectivity index is 2.27. The zero-order chi connectivity index (χ0) is 17.7. The van der Waals surface area contributed by atoms with Gasteiger partial charge in [-0.1, -0.05) is 11.6 Å². The summed E-state index contributed by atoms with van der Waals surface area (Å²) in [5.41, 5.74) is 0.438. The average Bonchev–Trinajstić information content (AvgIpc) is 2.53. The van der Waals surface area contributed by atoms with E-state index in [-0.39, 0.29) is 28.0 Å². The third kappa shape index (κ3) is 4.24. The maximum atomic E-state index is 12.3. The number of carbonyl (C=O) groups is 1. The Bertz CT molecular complexity index is 859. The number of pyridine rings is 2. The Morgan fingerprint density at radius 3 is 2.79 bits per heavy atom. The van der Waals surface area contributed by atoms with E-state index in [1.165, 1.54) is 37.7 Å². The zero-order valence-corrected chi connectivity index (χ0v) is 13.9. The number of ether oxygens (including phenoxy) is 1. The molecular formula is C13H13ClN4O5S. The Labute approximate surface area is 142 Å². The van der Waals surface area contributed by atoms with Gasteiger partial charge in [-0.2, -0.15) is 0 Å². The summed E-state index contributed by atoms with van der Waals surface area (Å²) in [6, 6.07) is 4.14. The van der Waals surface area contributed by atoms with Gasteiger partial charge in [-0.25, -0.2) is 18.2 Å². The number of carboxylic acid groups (broad SMARTS) is 1. The molecule has 2 aromatic rings. The number of halogens is 1. The summed E-state index contributed by atoms with van der Waals surface area (Å²) in [6.45, 7) is -0.0834. The van der Waals surface area contributed by atoms with Crippen LogP contribution in [0.15, 0.2) is 35.5 Å². The molecule has 0 bridgehead atoms. The minimum atomic E-state index is -3.96. The molecule has 2 rings (SSSR count). The van der Waals surface area contributed by atoms with Gasteiger partial charge in [0.05, 0.1) is 25.5 Å². The van der Waals surface area contributed by atoms with Crippen LogP contribution >= 0.6 is 11.6 Å². The van der Waals surface area contributed by atoms with E-state index in [9.17, 15) is 13.2 Å². The van der Waals surface area contributed by atoms with Crippen LogP contribution in [0.4, 0.5) is 10.5 Å². The molecule has 0 saturated carbocycles. The van der Waals surface area contributed by atoms with Gasteiger partial charge in [-0.15, -0.1) is 0 Å². The second-order valence-electron chi connectivity index (χ2n) is 4.43. The van der Waals surface area contributed by atoms with Crippen LogP contribution in [0.1, 0.15) is 5.69 Å². The number of rotatable bonds is 6. The Kier molecular flexibility index (Phi) is 5.42. The van der Waals surface area contributed by atoms with Crippen molar-refractivity contribution in [2.75, 3.05) is 11.8 Å². The molecule has 0 aliphatic carbocycles. The fourth-order valence-corrected chi connectivity index (χ4v) is 3.27. The topological polar surface area (TPSA) is 131 Å². The van der Waals surface area contributed by atoms with Crippen molar-refractivity contribution in [2.45, 2.75) is 11.4 Å². The number of methoxy groups -OCH3 is 1. The minimum Gasteiger partial charge on any atom is -0.495 e. The first-order valence-electron chi connectivity index (χ1n) is 6.46. The molecular weight excluding hydrogens is 360 g/mol. The monoisotopic (exact) mass is 372 g/mol. The molecule has 3 N–H and O–H groups in total. The van der Waals surface area contributed by atoms with E-state index >= 15 is 0 Å². The fourth-order valence-electron chi connectivity index (χ4n) is 1.78. The van der Waals surface area contributed by atoms with Crippen molar-refractivity contribution in [3.63, 3.8) is 0 Å². The molecule has 0 atom stereocenters. The number of sulfonamides is 1. The molecule has 0 radical (unpaired) electrons. The third-order valence-corrected chi connectivity index (χ3v) is 4.65. The van der Waals surface area contributed by atoms with Gasteiger partial charge in [0, 0.05) is 12.3 Å². The lowest BCUT2D eigenvalue weighted by Gasteiger charge is -2.12. The predicted molar refractivity (Wildman–Crippen MR) is 85.7 cm³/mol. The largest absolute Gasteiger partial charge is 0.495 e. The molecule has 0 fully saturated rings. The van der Waals surface area contributed by atoms with Crippen LogP contribution in [0.3, 0.4) is 0 Å². The Morgan fingerprint density at radius 2 is 2.17 bits per heavy atom. The molecule has 0 aliphatic rings. The van der Waals surface area contributed by atoms with E-state index in [2.05, 4.69) is 20.0 Å². The Morgan fingerprint density at radius 1 is 1.42 bits per heavy atom. The smallest absolute Gasteiger partial charge is 0.404 e. The molecule has 0 spiro atoms. The van der Waals surface area contributed by atoms with Gasteiger partial charge in [0.15, 0.2) is 0 Å². The van der Waals surface area contributed by atoms with Crippen molar-refractivity contribution in [3.8, 4) is 5.75 Å². The molecule has 1 amide bonds. The van der Waals surface area contributed by atoms with Crippen LogP contribution in [0, 0.1) is 0 Å². The van der Waals surface area contributed by atoms with E-state index < -0.39 is 16.1 Å². The first-order chi connectivity index (χ1) is 11.3. The maximum absolute atomic E-state index is 12.3. The first kappa shape index (κ1) is 17.8. The van der Waals surface area contributed by atoms with Gasteiger partial charge in [0.2, 0.25) is 0 Å². The van der Waals surface area contributed by atoms with E-state index in [4.69, 9.17) is 21.4 Å². The van der Waals surface area contributed by atoms with Crippen molar-refractivity contribution in [2.24, 2.45) is 0 Å². The maximum Gasteiger partial charge on any atom is 0.404 e. The van der Waals surface area contributed by atoms with Crippen LogP contribution < -0.4 is 14.8 Å². The van der Waals surface area contributed by atoms with Crippen LogP contribution in [-0.4, -0.2) is 36.7 Å². The van der Waals surface area contributed by atoms with Gasteiger partial charge < -0.3 is 15.2 Å². The van der Waals surface area contributed by atoms with E-state index in [0.717, 1.165) is 0 Å². The molecule has 9 nitrogen and oxygen atoms in total. The number of anilines is 1. The van der Waals surface area contributed by atoms with Gasteiger partial charge in [0.25, 0.3) is 10.0 Å². The van der Waals surface area contributed by atoms with Crippen molar-refractivity contribution in [1.29, 1.82) is 0 Å². The molecule has 24 heavy (non-hydrogen) atoms. The SMILES string of the molecule is COc1cc(NS(=O)(=O)c2cccnc2Cl)cnc1CNC(=O)O. The van der Waals surface area contributed by atoms with Crippen molar-refractivity contribution in [3.05, 3.63) is 41.4 Å². The van der Waals surface area contributed by atoms with Crippen molar-refractivity contribution >= 4 is 33.4 Å². The standard InChI is InChI=1S/C13H13ClN4O5S/c1-23-10-5-8(6-16-9(10)7-17-13(19)20)18-24(21,22)11-3-2-4-15-12(11)14/h2-6,17-18H,7H2,1H3,(H,19,20). The average molecular weight is 373 g/mol. The number of nitrogens with one attached hydrogen (secondary N) is 2. The lowest BCUT2D eigenvalue weighted by molar-refractivity contribution is 0.193. The van der Waals surface area contributed by atoms with Crippen molar-refractivity contribution in [1.82, 2.24) is 15.3 Å². The molecule has 2 aromatic heterocycles. The molecule has 0 saturated heterocycles. The number of aromatic nitrogens is 2. The molecule has 128 valence electrons. The lowest BCUT2D eigenvalue weighted by atomic mass is 10.3. The second-order valence-corrected chi connectivity index (χ2v) is 6.44. The zero-order valence-electron chi connectivity index (χ0n) is 12.4. The highest BCUT2D eigenvalue weighted by Gasteiger charge is 2.19. The summed E-state index contributed by atoms with van der Waals surface area (Å²) in [7, 11) is -2.60. The first-order valence-corrected chi connectivity index (χ1v) is 8.32. The summed E-state index contributed by atoms with van der Waals surface area (Å²) >= 11 is 5.80. The van der Waals surface area contributed by atoms with E-state index in [1.807, 2.05) is 0 Å². The molecule has 0 unspecified atom stereocenters. The van der Waals surface area contributed by atoms with Gasteiger partial charge in [-0.3, -0.25) is 9.71 Å². The van der Waals surface area contributed by atoms with Gasteiger partial charge in [-0.05, 0) is 12.1 Å². The molecule has 0 aliphatic heterocycles. The summed E-state index contributed by atoms with van der Waals surface area (Å²) in [5.74, 6) is 0.223. The minimum absolute atomic E-state index is 0.0834. The highest BCUT2D eigenvalue weighted by atomic mass is 35.5. The number of nitrogens with zero attached hydrogens (tertiary/aromatic N) is 2. The quantitative estimate of drug-likeness (QED) is 0.658. The lowest BCUT2D eigenvalue weighted by Crippen LogP contribution is -2.21. The highest BCUT2D eigenvalue weighted by molar-refractivity contribution is 7.92. The Hall–Kier alpha value is -2.59. The van der Waals surface area contributed by atoms with E-state index in [1.54, 1.807) is 0 Å². The number of amides is 1. The number of hydrogen-bond acceptors (Lipinski definition) is 6. The van der Waals surface area contributed by atoms with E-state index in [0.29, 0.717) is 5.69 Å². The third-order valence-electron chi connectivity index (χ3n) is 2.82. The van der Waals surface area contributed by atoms with Crippen LogP contribution in [0.25, 0.3) is 0 Å². The van der Waals surface area contributed by atoms with Gasteiger partial charge >= 0.3 is 6.09 Å². The molecule has 2 heterocycles. The summed E-state index contributed by atoms with van der Waals surface area (Å²) in [5, 5.41) is 10.6. The molecule has 0 aromatic carbocycles. The highest BCUT2D eigenvalue weighted by Crippen LogP contribution is 2.25.